The summed E-state index contributed by atoms with van der Waals surface area (Å²) in [5, 5.41) is 12.5. The van der Waals surface area contributed by atoms with Crippen molar-refractivity contribution >= 4 is 52.9 Å². The number of rotatable bonds is 8. The van der Waals surface area contributed by atoms with E-state index in [4.69, 9.17) is 16.0 Å². The largest absolute Gasteiger partial charge is 0.475 e. The lowest BCUT2D eigenvalue weighted by molar-refractivity contribution is -0.131. The zero-order valence-corrected chi connectivity index (χ0v) is 21.7. The minimum atomic E-state index is -2.75. The fourth-order valence-corrected chi connectivity index (χ4v) is 9.58. The first-order chi connectivity index (χ1) is 16.6. The average molecular weight is 506 g/mol. The van der Waals surface area contributed by atoms with Crippen molar-refractivity contribution in [1.29, 1.82) is 0 Å². The summed E-state index contributed by atoms with van der Waals surface area (Å²) in [6, 6.07) is 25.7. The molecule has 0 radical (unpaired) electrons. The third-order valence-corrected chi connectivity index (χ3v) is 11.6. The topological polar surface area (TPSA) is 79.4 Å². The van der Waals surface area contributed by atoms with Crippen LogP contribution in [0.4, 0.5) is 0 Å². The van der Waals surface area contributed by atoms with Crippen molar-refractivity contribution in [2.45, 2.75) is 32.2 Å². The summed E-state index contributed by atoms with van der Waals surface area (Å²) in [7, 11) is -2.75. The molecule has 0 aliphatic carbocycles. The van der Waals surface area contributed by atoms with E-state index in [0.29, 0.717) is 34.6 Å². The smallest absolute Gasteiger partial charge is 0.377 e. The van der Waals surface area contributed by atoms with E-state index < -0.39 is 20.1 Å². The third kappa shape index (κ3) is 4.69. The molecule has 0 bridgehead atoms. The highest BCUT2D eigenvalue weighted by molar-refractivity contribution is 6.99. The zero-order chi connectivity index (χ0) is 25.2. The number of Topliss-reactive ketones (excluding diaryl/α,β-unsaturated/α-hetero) is 1. The van der Waals surface area contributed by atoms with Crippen molar-refractivity contribution in [2.24, 2.45) is 0 Å². The van der Waals surface area contributed by atoms with Crippen molar-refractivity contribution in [2.75, 3.05) is 6.61 Å². The molecule has 4 aromatic rings. The van der Waals surface area contributed by atoms with Gasteiger partial charge in [0.25, 0.3) is 14.1 Å². The van der Waals surface area contributed by atoms with Gasteiger partial charge in [-0.3, -0.25) is 4.79 Å². The van der Waals surface area contributed by atoms with Gasteiger partial charge in [-0.2, -0.15) is 0 Å². The molecule has 2 N–H and O–H groups in total. The Kier molecular flexibility index (Phi) is 6.99. The number of carboxylic acids is 1. The Morgan fingerprint density at radius 2 is 1.51 bits per heavy atom. The minimum absolute atomic E-state index is 0.140. The fraction of sp³-hybridized carbons (Fsp3) is 0.214. The fourth-order valence-electron chi connectivity index (χ4n) is 4.84. The zero-order valence-electron chi connectivity index (χ0n) is 20.0. The predicted octanol–water partition coefficient (Wildman–Crippen LogP) is 5.21. The molecule has 3 aromatic carbocycles. The number of nitrogens with one attached hydrogen (secondary N) is 1. The molecule has 35 heavy (non-hydrogen) atoms. The van der Waals surface area contributed by atoms with E-state index in [-0.39, 0.29) is 10.6 Å². The van der Waals surface area contributed by atoms with E-state index in [1.807, 2.05) is 36.4 Å². The Balaban J connectivity index is 1.76. The van der Waals surface area contributed by atoms with Crippen LogP contribution in [-0.2, 0) is 15.6 Å². The highest BCUT2D eigenvalue weighted by Crippen LogP contribution is 2.37. The highest BCUT2D eigenvalue weighted by atomic mass is 35.5. The maximum atomic E-state index is 12.6. The van der Waals surface area contributed by atoms with Crippen LogP contribution in [0, 0.1) is 0 Å². The lowest BCUT2D eigenvalue weighted by Gasteiger charge is -2.43. The van der Waals surface area contributed by atoms with Gasteiger partial charge in [-0.25, -0.2) is 4.79 Å². The van der Waals surface area contributed by atoms with Crippen LogP contribution in [0.15, 0.2) is 78.9 Å². The van der Waals surface area contributed by atoms with Gasteiger partial charge in [0.2, 0.25) is 0 Å². The standard InChI is InChI=1S/C28H28ClNO4Si/c1-28(2,3)35(20-10-6-4-7-11-20,21-12-8-5-9-13-21)34-17-16-24-25(26(31)27(32)33)22-18-19(29)14-15-23(22)30-24/h4-15,18,30H,16-17H2,1-3H3,(H,32,33). The molecule has 180 valence electrons. The molecule has 0 saturated heterocycles. The number of hydrogen-bond acceptors (Lipinski definition) is 3. The number of hydrogen-bond donors (Lipinski definition) is 2. The van der Waals surface area contributed by atoms with E-state index in [1.165, 1.54) is 0 Å². The molecular formula is C28H28ClNO4Si. The van der Waals surface area contributed by atoms with Gasteiger partial charge >= 0.3 is 5.97 Å². The van der Waals surface area contributed by atoms with Crippen LogP contribution in [-0.4, -0.2) is 36.8 Å². The van der Waals surface area contributed by atoms with Gasteiger partial charge in [0.1, 0.15) is 0 Å². The molecule has 0 amide bonds. The van der Waals surface area contributed by atoms with E-state index in [0.717, 1.165) is 10.4 Å². The van der Waals surface area contributed by atoms with Crippen LogP contribution in [0.5, 0.6) is 0 Å². The number of aromatic amines is 1. The van der Waals surface area contributed by atoms with Gasteiger partial charge in [-0.05, 0) is 33.6 Å². The number of benzene rings is 3. The van der Waals surface area contributed by atoms with Gasteiger partial charge in [0.05, 0.1) is 5.56 Å². The van der Waals surface area contributed by atoms with E-state index >= 15 is 0 Å². The van der Waals surface area contributed by atoms with Crippen LogP contribution < -0.4 is 10.4 Å². The number of carbonyl (C=O) groups is 2. The quantitative estimate of drug-likeness (QED) is 0.196. The second-order valence-electron chi connectivity index (χ2n) is 9.56. The van der Waals surface area contributed by atoms with Gasteiger partial charge < -0.3 is 14.5 Å². The van der Waals surface area contributed by atoms with Crippen molar-refractivity contribution in [3.8, 4) is 0 Å². The predicted molar refractivity (Wildman–Crippen MR) is 143 cm³/mol. The third-order valence-electron chi connectivity index (χ3n) is 6.35. The Morgan fingerprint density at radius 1 is 0.943 bits per heavy atom. The minimum Gasteiger partial charge on any atom is -0.475 e. The lowest BCUT2D eigenvalue weighted by Crippen LogP contribution is -2.66. The van der Waals surface area contributed by atoms with Crippen molar-refractivity contribution in [3.05, 3.63) is 95.1 Å². The van der Waals surface area contributed by atoms with E-state index in [1.54, 1.807) is 18.2 Å². The first-order valence-corrected chi connectivity index (χ1v) is 13.8. The molecule has 1 heterocycles. The van der Waals surface area contributed by atoms with Crippen LogP contribution in [0.25, 0.3) is 10.9 Å². The van der Waals surface area contributed by atoms with Gasteiger partial charge in [-0.1, -0.05) is 93.0 Å². The summed E-state index contributed by atoms with van der Waals surface area (Å²) >= 11 is 6.14. The van der Waals surface area contributed by atoms with Crippen LogP contribution in [0.2, 0.25) is 10.1 Å². The number of carboxylic acid groups (broad SMARTS) is 1. The number of aromatic nitrogens is 1. The van der Waals surface area contributed by atoms with Crippen LogP contribution >= 0.6 is 11.6 Å². The van der Waals surface area contributed by atoms with Gasteiger partial charge in [0, 0.05) is 34.6 Å². The van der Waals surface area contributed by atoms with E-state index in [2.05, 4.69) is 50.0 Å². The summed E-state index contributed by atoms with van der Waals surface area (Å²) in [5.74, 6) is -2.46. The number of fused-ring (bicyclic) bond motifs is 1. The number of carbonyl (C=O) groups excluding carboxylic acids is 1. The molecule has 0 unspecified atom stereocenters. The SMILES string of the molecule is CC(C)(C)[Si](OCCc1[nH]c2ccc(Cl)cc2c1C(=O)C(=O)O)(c1ccccc1)c1ccccc1. The average Bonchev–Trinajstić information content (AvgIpc) is 3.18. The number of aliphatic carboxylic acids is 1. The Morgan fingerprint density at radius 3 is 2.03 bits per heavy atom. The monoisotopic (exact) mass is 505 g/mol. The summed E-state index contributed by atoms with van der Waals surface area (Å²) in [6.07, 6.45) is 0.352. The molecule has 0 spiro atoms. The van der Waals surface area contributed by atoms with Gasteiger partial charge in [-0.15, -0.1) is 0 Å². The van der Waals surface area contributed by atoms with Gasteiger partial charge in [0.15, 0.2) is 0 Å². The van der Waals surface area contributed by atoms with Crippen LogP contribution in [0.3, 0.4) is 0 Å². The van der Waals surface area contributed by atoms with Crippen molar-refractivity contribution in [3.63, 3.8) is 0 Å². The highest BCUT2D eigenvalue weighted by Gasteiger charge is 2.50. The molecule has 7 heteroatoms. The number of ketones is 1. The normalized spacial score (nSPS) is 12.1. The molecule has 0 saturated carbocycles. The van der Waals surface area contributed by atoms with Crippen LogP contribution in [0.1, 0.15) is 36.8 Å². The molecule has 0 atom stereocenters. The molecule has 5 nitrogen and oxygen atoms in total. The van der Waals surface area contributed by atoms with Crippen molar-refractivity contribution < 1.29 is 19.1 Å². The van der Waals surface area contributed by atoms with Crippen molar-refractivity contribution in [1.82, 2.24) is 4.98 Å². The Labute approximate surface area is 210 Å². The molecule has 0 fully saturated rings. The van der Waals surface area contributed by atoms with E-state index in [9.17, 15) is 14.7 Å². The second-order valence-corrected chi connectivity index (χ2v) is 14.3. The maximum absolute atomic E-state index is 12.6. The number of halogens is 1. The Hall–Kier alpha value is -3.19. The molecular weight excluding hydrogens is 478 g/mol. The molecule has 0 aliphatic rings. The summed E-state index contributed by atoms with van der Waals surface area (Å²) in [4.78, 5) is 27.4. The molecule has 4 rings (SSSR count). The molecule has 0 aliphatic heterocycles. The second kappa shape index (κ2) is 9.82. The number of H-pyrrole nitrogens is 1. The molecule has 1 aromatic heterocycles. The first kappa shape index (κ1) is 24.9. The summed E-state index contributed by atoms with van der Waals surface area (Å²) in [6.45, 7) is 6.91. The summed E-state index contributed by atoms with van der Waals surface area (Å²) in [5.41, 5.74) is 1.34. The first-order valence-electron chi connectivity index (χ1n) is 11.5. The Bertz CT molecular complexity index is 1320. The maximum Gasteiger partial charge on any atom is 0.377 e. The summed E-state index contributed by atoms with van der Waals surface area (Å²) < 4.78 is 6.92. The lowest BCUT2D eigenvalue weighted by atomic mass is 10.1.